The first-order valence-corrected chi connectivity index (χ1v) is 13.6. The Morgan fingerprint density at radius 3 is 2.71 bits per heavy atom. The van der Waals surface area contributed by atoms with Crippen molar-refractivity contribution in [1.82, 2.24) is 14.9 Å². The third-order valence-corrected chi connectivity index (χ3v) is 7.87. The SMILES string of the molecule is O=C(CSCC(=O)N1CCC(c2nc(-c3ccc4c(c3)OCCO4)cs2)CC1)Nc1ccccn1. The van der Waals surface area contributed by atoms with Crippen molar-refractivity contribution in [3.63, 3.8) is 0 Å². The van der Waals surface area contributed by atoms with Gasteiger partial charge in [-0.25, -0.2) is 9.97 Å². The Morgan fingerprint density at radius 1 is 1.09 bits per heavy atom. The Kier molecular flexibility index (Phi) is 7.48. The fourth-order valence-electron chi connectivity index (χ4n) is 4.12. The van der Waals surface area contributed by atoms with Crippen LogP contribution in [-0.2, 0) is 9.59 Å². The van der Waals surface area contributed by atoms with Crippen LogP contribution in [0.5, 0.6) is 11.5 Å². The number of hydrogen-bond acceptors (Lipinski definition) is 8. The predicted molar refractivity (Wildman–Crippen MR) is 137 cm³/mol. The number of ether oxygens (including phenoxy) is 2. The van der Waals surface area contributed by atoms with Gasteiger partial charge in [-0.05, 0) is 43.2 Å². The van der Waals surface area contributed by atoms with E-state index in [0.29, 0.717) is 43.8 Å². The molecule has 8 nitrogen and oxygen atoms in total. The van der Waals surface area contributed by atoms with Crippen LogP contribution in [0.1, 0.15) is 23.8 Å². The number of benzene rings is 1. The van der Waals surface area contributed by atoms with Crippen LogP contribution in [0.15, 0.2) is 48.0 Å². The smallest absolute Gasteiger partial charge is 0.235 e. The van der Waals surface area contributed by atoms with Crippen LogP contribution in [0.4, 0.5) is 5.82 Å². The second-order valence-corrected chi connectivity index (χ2v) is 10.2. The van der Waals surface area contributed by atoms with E-state index in [1.807, 2.05) is 29.2 Å². The lowest BCUT2D eigenvalue weighted by Gasteiger charge is -2.31. The van der Waals surface area contributed by atoms with Gasteiger partial charge in [-0.1, -0.05) is 6.07 Å². The molecule has 1 aromatic carbocycles. The van der Waals surface area contributed by atoms with Crippen LogP contribution in [-0.4, -0.2) is 64.5 Å². The molecule has 0 aliphatic carbocycles. The number of piperidine rings is 1. The van der Waals surface area contributed by atoms with Gasteiger partial charge in [0.2, 0.25) is 11.8 Å². The molecule has 182 valence electrons. The molecular weight excluding hydrogens is 484 g/mol. The molecule has 0 radical (unpaired) electrons. The maximum absolute atomic E-state index is 12.6. The van der Waals surface area contributed by atoms with Gasteiger partial charge in [0.25, 0.3) is 0 Å². The van der Waals surface area contributed by atoms with Crippen molar-refractivity contribution < 1.29 is 19.1 Å². The summed E-state index contributed by atoms with van der Waals surface area (Å²) in [5, 5.41) is 5.93. The Morgan fingerprint density at radius 2 is 1.91 bits per heavy atom. The van der Waals surface area contributed by atoms with Crippen molar-refractivity contribution in [2.45, 2.75) is 18.8 Å². The van der Waals surface area contributed by atoms with Crippen LogP contribution in [0.3, 0.4) is 0 Å². The molecule has 0 unspecified atom stereocenters. The summed E-state index contributed by atoms with van der Waals surface area (Å²) >= 11 is 3.01. The molecule has 5 rings (SSSR count). The van der Waals surface area contributed by atoms with E-state index >= 15 is 0 Å². The first-order chi connectivity index (χ1) is 17.2. The van der Waals surface area contributed by atoms with Crippen LogP contribution < -0.4 is 14.8 Å². The minimum atomic E-state index is -0.155. The third kappa shape index (κ3) is 5.94. The molecule has 0 atom stereocenters. The van der Waals surface area contributed by atoms with Crippen LogP contribution >= 0.6 is 23.1 Å². The summed E-state index contributed by atoms with van der Waals surface area (Å²) in [6.07, 6.45) is 3.41. The molecular formula is C25H26N4O4S2. The van der Waals surface area contributed by atoms with Crippen molar-refractivity contribution in [2.75, 3.05) is 43.1 Å². The minimum absolute atomic E-state index is 0.0789. The molecule has 1 saturated heterocycles. The Hall–Kier alpha value is -3.11. The number of anilines is 1. The molecule has 0 spiro atoms. The second kappa shape index (κ2) is 11.1. The highest BCUT2D eigenvalue weighted by molar-refractivity contribution is 8.00. The van der Waals surface area contributed by atoms with Crippen LogP contribution in [0.25, 0.3) is 11.3 Å². The van der Waals surface area contributed by atoms with Crippen molar-refractivity contribution in [3.05, 3.63) is 53.0 Å². The summed E-state index contributed by atoms with van der Waals surface area (Å²) < 4.78 is 11.3. The molecule has 1 N–H and O–H groups in total. The third-order valence-electron chi connectivity index (χ3n) is 5.95. The van der Waals surface area contributed by atoms with Gasteiger partial charge >= 0.3 is 0 Å². The van der Waals surface area contributed by atoms with E-state index < -0.39 is 0 Å². The van der Waals surface area contributed by atoms with Crippen molar-refractivity contribution in [2.24, 2.45) is 0 Å². The second-order valence-electron chi connectivity index (χ2n) is 8.34. The summed E-state index contributed by atoms with van der Waals surface area (Å²) in [6.45, 7) is 2.56. The van der Waals surface area contributed by atoms with E-state index in [0.717, 1.165) is 40.6 Å². The zero-order valence-electron chi connectivity index (χ0n) is 19.1. The quantitative estimate of drug-likeness (QED) is 0.512. The molecule has 2 aliphatic rings. The van der Waals surface area contributed by atoms with E-state index in [4.69, 9.17) is 14.5 Å². The predicted octanol–water partition coefficient (Wildman–Crippen LogP) is 4.05. The number of likely N-dealkylation sites (tertiary alicyclic amines) is 1. The van der Waals surface area contributed by atoms with Crippen molar-refractivity contribution >= 4 is 40.7 Å². The summed E-state index contributed by atoms with van der Waals surface area (Å²) in [7, 11) is 0. The van der Waals surface area contributed by atoms with Gasteiger partial charge in [0.1, 0.15) is 19.0 Å². The van der Waals surface area contributed by atoms with Gasteiger partial charge in [0.15, 0.2) is 11.5 Å². The molecule has 0 saturated carbocycles. The van der Waals surface area contributed by atoms with Gasteiger partial charge in [-0.15, -0.1) is 23.1 Å². The average Bonchev–Trinajstić information content (AvgIpc) is 3.39. The molecule has 2 aromatic heterocycles. The summed E-state index contributed by atoms with van der Waals surface area (Å²) in [5.41, 5.74) is 1.97. The van der Waals surface area contributed by atoms with Crippen LogP contribution in [0, 0.1) is 0 Å². The summed E-state index contributed by atoms with van der Waals surface area (Å²) in [4.78, 5) is 35.5. The minimum Gasteiger partial charge on any atom is -0.486 e. The maximum Gasteiger partial charge on any atom is 0.235 e. The molecule has 4 heterocycles. The molecule has 2 aliphatic heterocycles. The molecule has 35 heavy (non-hydrogen) atoms. The first-order valence-electron chi connectivity index (χ1n) is 11.6. The van der Waals surface area contributed by atoms with Gasteiger partial charge in [-0.3, -0.25) is 9.59 Å². The molecule has 0 bridgehead atoms. The van der Waals surface area contributed by atoms with E-state index in [-0.39, 0.29) is 17.6 Å². The largest absolute Gasteiger partial charge is 0.486 e. The maximum atomic E-state index is 12.6. The lowest BCUT2D eigenvalue weighted by atomic mass is 9.97. The molecule has 2 amide bonds. The zero-order chi connectivity index (χ0) is 24.0. The monoisotopic (exact) mass is 510 g/mol. The fourth-order valence-corrected chi connectivity index (χ4v) is 5.84. The summed E-state index contributed by atoms with van der Waals surface area (Å²) in [5.74, 6) is 2.86. The highest BCUT2D eigenvalue weighted by Gasteiger charge is 2.26. The Labute approximate surface area is 212 Å². The average molecular weight is 511 g/mol. The van der Waals surface area contributed by atoms with Gasteiger partial charge < -0.3 is 19.7 Å². The number of carbonyl (C=O) groups is 2. The lowest BCUT2D eigenvalue weighted by molar-refractivity contribution is -0.129. The topological polar surface area (TPSA) is 93.7 Å². The number of aromatic nitrogens is 2. The number of hydrogen-bond donors (Lipinski definition) is 1. The number of amides is 2. The number of carbonyl (C=O) groups excluding carboxylic acids is 2. The van der Waals surface area contributed by atoms with E-state index in [2.05, 4.69) is 15.7 Å². The van der Waals surface area contributed by atoms with E-state index in [1.165, 1.54) is 11.8 Å². The number of thiazole rings is 1. The number of thioether (sulfide) groups is 1. The number of fused-ring (bicyclic) bond motifs is 1. The number of nitrogens with zero attached hydrogens (tertiary/aromatic N) is 3. The molecule has 1 fully saturated rings. The van der Waals surface area contributed by atoms with Gasteiger partial charge in [0, 0.05) is 36.1 Å². The van der Waals surface area contributed by atoms with Gasteiger partial charge in [-0.2, -0.15) is 0 Å². The lowest BCUT2D eigenvalue weighted by Crippen LogP contribution is -2.39. The normalized spacial score (nSPS) is 15.6. The molecule has 3 aromatic rings. The first kappa shape index (κ1) is 23.6. The van der Waals surface area contributed by atoms with E-state index in [1.54, 1.807) is 29.7 Å². The number of rotatable bonds is 7. The number of nitrogens with one attached hydrogen (secondary N) is 1. The Balaban J connectivity index is 1.08. The summed E-state index contributed by atoms with van der Waals surface area (Å²) in [6, 6.07) is 11.3. The fraction of sp³-hybridized carbons (Fsp3) is 0.360. The standard InChI is InChI=1S/C25H26N4O4S2/c30-23(28-22-3-1-2-8-26-22)15-34-16-24(31)29-9-6-17(7-10-29)25-27-19(14-35-25)18-4-5-20-21(13-18)33-12-11-32-20/h1-5,8,13-14,17H,6-7,9-12,15-16H2,(H,26,28,30). The van der Waals surface area contributed by atoms with Crippen LogP contribution in [0.2, 0.25) is 0 Å². The highest BCUT2D eigenvalue weighted by atomic mass is 32.2. The van der Waals surface area contributed by atoms with Crippen molar-refractivity contribution in [1.29, 1.82) is 0 Å². The Bertz CT molecular complexity index is 1180. The van der Waals surface area contributed by atoms with Gasteiger partial charge in [0.05, 0.1) is 22.2 Å². The molecule has 10 heteroatoms. The van der Waals surface area contributed by atoms with Crippen molar-refractivity contribution in [3.8, 4) is 22.8 Å². The van der Waals surface area contributed by atoms with E-state index in [9.17, 15) is 9.59 Å². The number of pyridine rings is 1. The zero-order valence-corrected chi connectivity index (χ0v) is 20.8. The highest BCUT2D eigenvalue weighted by Crippen LogP contribution is 2.37.